The molecule has 9 aromatic rings. The van der Waals surface area contributed by atoms with Gasteiger partial charge in [-0.05, 0) is 92.7 Å². The zero-order chi connectivity index (χ0) is 28.3. The predicted octanol–water partition coefficient (Wildman–Crippen LogP) is 11.9. The molecule has 0 radical (unpaired) electrons. The summed E-state index contributed by atoms with van der Waals surface area (Å²) in [6.07, 6.45) is 7.45. The third kappa shape index (κ3) is 4.36. The molecule has 0 aliphatic rings. The van der Waals surface area contributed by atoms with E-state index in [0.717, 1.165) is 11.1 Å². The molecule has 0 N–H and O–H groups in total. The lowest BCUT2D eigenvalue weighted by Gasteiger charge is -2.02. The van der Waals surface area contributed by atoms with Crippen molar-refractivity contribution in [3.8, 4) is 43.1 Å². The molecule has 0 amide bonds. The Labute approximate surface area is 260 Å². The van der Waals surface area contributed by atoms with Crippen LogP contribution in [0.15, 0.2) is 134 Å². The van der Waals surface area contributed by atoms with Gasteiger partial charge in [-0.15, -0.1) is 34.0 Å². The second-order valence-electron chi connectivity index (χ2n) is 10.7. The third-order valence-corrected chi connectivity index (χ3v) is 11.5. The van der Waals surface area contributed by atoms with Gasteiger partial charge in [0.05, 0.1) is 0 Å². The summed E-state index contributed by atoms with van der Waals surface area (Å²) >= 11 is 5.65. The number of pyridine rings is 2. The van der Waals surface area contributed by atoms with Gasteiger partial charge in [-0.2, -0.15) is 0 Å². The van der Waals surface area contributed by atoms with E-state index in [2.05, 4.69) is 107 Å². The first kappa shape index (κ1) is 24.9. The molecule has 202 valence electrons. The quantitative estimate of drug-likeness (QED) is 0.200. The van der Waals surface area contributed by atoms with Crippen LogP contribution in [0.4, 0.5) is 0 Å². The van der Waals surface area contributed by atoms with E-state index in [1.807, 2.05) is 70.9 Å². The molecule has 5 heteroatoms. The van der Waals surface area contributed by atoms with Gasteiger partial charge in [-0.25, -0.2) is 0 Å². The molecule has 43 heavy (non-hydrogen) atoms. The van der Waals surface area contributed by atoms with E-state index in [1.165, 1.54) is 72.4 Å². The number of nitrogens with zero attached hydrogens (tertiary/aromatic N) is 2. The summed E-state index contributed by atoms with van der Waals surface area (Å²) in [6.45, 7) is 0. The predicted molar refractivity (Wildman–Crippen MR) is 187 cm³/mol. The van der Waals surface area contributed by atoms with Crippen LogP contribution in [0, 0.1) is 0 Å². The molecule has 2 nitrogen and oxygen atoms in total. The molecule has 0 saturated carbocycles. The molecule has 0 aliphatic carbocycles. The van der Waals surface area contributed by atoms with Crippen molar-refractivity contribution in [1.29, 1.82) is 0 Å². The van der Waals surface area contributed by atoms with Crippen molar-refractivity contribution in [2.45, 2.75) is 0 Å². The summed E-state index contributed by atoms with van der Waals surface area (Å²) in [4.78, 5) is 11.1. The topological polar surface area (TPSA) is 25.8 Å². The highest BCUT2D eigenvalue weighted by atomic mass is 32.1. The minimum Gasteiger partial charge on any atom is -0.264 e. The van der Waals surface area contributed by atoms with E-state index in [0.29, 0.717) is 0 Å². The summed E-state index contributed by atoms with van der Waals surface area (Å²) in [5.74, 6) is 0. The maximum atomic E-state index is 4.26. The lowest BCUT2D eigenvalue weighted by Crippen LogP contribution is -1.79. The van der Waals surface area contributed by atoms with Gasteiger partial charge in [-0.1, -0.05) is 60.7 Å². The van der Waals surface area contributed by atoms with Crippen LogP contribution in [0.2, 0.25) is 0 Å². The van der Waals surface area contributed by atoms with E-state index in [4.69, 9.17) is 0 Å². The Morgan fingerprint density at radius 1 is 0.372 bits per heavy atom. The molecule has 0 aliphatic heterocycles. The number of hydrogen-bond donors (Lipinski definition) is 0. The maximum absolute atomic E-state index is 4.26. The minimum absolute atomic E-state index is 1.14. The molecule has 0 unspecified atom stereocenters. The standard InChI is InChI=1S/C38H22N2S3/c1-3-27(21-39-13-1)23-5-9-25(10-6-23)33-17-29-15-31-32-16-30-18-34(26-11-7-24(8-12-26)28-4-2-14-40-22-28)42-36(30)20-38(32)43-37(31)19-35(29)41-33/h1-22H. The SMILES string of the molecule is c1cncc(-c2ccc(-c3cc4cc5c(cc4s3)sc3cc4sc(-c6ccc(-c7cccnc7)cc6)cc4cc35)cc2)c1. The fraction of sp³-hybridized carbons (Fsp3) is 0. The number of rotatable bonds is 4. The van der Waals surface area contributed by atoms with Crippen molar-refractivity contribution in [2.75, 3.05) is 0 Å². The Bertz CT molecular complexity index is 2240. The number of fused-ring (bicyclic) bond motifs is 5. The fourth-order valence-electron chi connectivity index (χ4n) is 5.85. The van der Waals surface area contributed by atoms with Crippen molar-refractivity contribution >= 4 is 74.4 Å². The smallest absolute Gasteiger partial charge is 0.0369 e. The number of benzene rings is 4. The van der Waals surface area contributed by atoms with Crippen molar-refractivity contribution in [3.05, 3.63) is 134 Å². The normalized spacial score (nSPS) is 11.7. The highest BCUT2D eigenvalue weighted by molar-refractivity contribution is 7.27. The van der Waals surface area contributed by atoms with Gasteiger partial charge in [0.1, 0.15) is 0 Å². The van der Waals surface area contributed by atoms with Gasteiger partial charge in [0.2, 0.25) is 0 Å². The summed E-state index contributed by atoms with van der Waals surface area (Å²) in [5.41, 5.74) is 7.17. The van der Waals surface area contributed by atoms with Crippen LogP contribution in [0.5, 0.6) is 0 Å². The molecule has 0 saturated heterocycles. The molecule has 0 fully saturated rings. The summed E-state index contributed by atoms with van der Waals surface area (Å²) in [6, 6.07) is 40.1. The molecule has 4 aromatic carbocycles. The summed E-state index contributed by atoms with van der Waals surface area (Å²) < 4.78 is 5.38. The van der Waals surface area contributed by atoms with Gasteiger partial charge >= 0.3 is 0 Å². The van der Waals surface area contributed by atoms with Crippen LogP contribution in [-0.2, 0) is 0 Å². The Hall–Kier alpha value is -4.68. The van der Waals surface area contributed by atoms with E-state index < -0.39 is 0 Å². The molecular formula is C38H22N2S3. The molecular weight excluding hydrogens is 581 g/mol. The minimum atomic E-state index is 1.14. The van der Waals surface area contributed by atoms with Crippen LogP contribution in [0.3, 0.4) is 0 Å². The summed E-state index contributed by atoms with van der Waals surface area (Å²) in [5, 5.41) is 5.31. The van der Waals surface area contributed by atoms with Crippen LogP contribution in [0.25, 0.3) is 83.5 Å². The average molecular weight is 603 g/mol. The van der Waals surface area contributed by atoms with Crippen molar-refractivity contribution in [1.82, 2.24) is 9.97 Å². The largest absolute Gasteiger partial charge is 0.264 e. The average Bonchev–Trinajstić information content (AvgIpc) is 3.78. The van der Waals surface area contributed by atoms with Gasteiger partial charge < -0.3 is 0 Å². The molecule has 0 atom stereocenters. The number of hydrogen-bond acceptors (Lipinski definition) is 5. The Balaban J connectivity index is 1.07. The molecule has 0 spiro atoms. The number of thiophene rings is 3. The first-order valence-electron chi connectivity index (χ1n) is 14.1. The summed E-state index contributed by atoms with van der Waals surface area (Å²) in [7, 11) is 0. The molecule has 5 heterocycles. The Morgan fingerprint density at radius 3 is 1.23 bits per heavy atom. The zero-order valence-corrected chi connectivity index (χ0v) is 25.3. The lowest BCUT2D eigenvalue weighted by atomic mass is 10.0. The van der Waals surface area contributed by atoms with Gasteiger partial charge in [-0.3, -0.25) is 9.97 Å². The Morgan fingerprint density at radius 2 is 0.814 bits per heavy atom. The molecule has 0 bridgehead atoms. The van der Waals surface area contributed by atoms with E-state index in [9.17, 15) is 0 Å². The van der Waals surface area contributed by atoms with Gasteiger partial charge in [0, 0.05) is 64.1 Å². The molecule has 5 aromatic heterocycles. The number of aromatic nitrogens is 2. The van der Waals surface area contributed by atoms with Crippen molar-refractivity contribution in [3.63, 3.8) is 0 Å². The van der Waals surface area contributed by atoms with Gasteiger partial charge in [0.15, 0.2) is 0 Å². The van der Waals surface area contributed by atoms with Crippen molar-refractivity contribution < 1.29 is 0 Å². The molecule has 9 rings (SSSR count). The van der Waals surface area contributed by atoms with Gasteiger partial charge in [0.25, 0.3) is 0 Å². The lowest BCUT2D eigenvalue weighted by molar-refractivity contribution is 1.33. The third-order valence-electron chi connectivity index (χ3n) is 8.08. The second-order valence-corrected chi connectivity index (χ2v) is 14.0. The van der Waals surface area contributed by atoms with E-state index in [1.54, 1.807) is 0 Å². The van der Waals surface area contributed by atoms with Crippen LogP contribution in [-0.4, -0.2) is 9.97 Å². The van der Waals surface area contributed by atoms with Crippen LogP contribution < -0.4 is 0 Å². The first-order chi connectivity index (χ1) is 21.2. The van der Waals surface area contributed by atoms with Crippen molar-refractivity contribution in [2.24, 2.45) is 0 Å². The van der Waals surface area contributed by atoms with Crippen LogP contribution in [0.1, 0.15) is 0 Å². The monoisotopic (exact) mass is 602 g/mol. The maximum Gasteiger partial charge on any atom is 0.0369 e. The highest BCUT2D eigenvalue weighted by Gasteiger charge is 2.13. The highest BCUT2D eigenvalue weighted by Crippen LogP contribution is 2.44. The zero-order valence-electron chi connectivity index (χ0n) is 22.8. The first-order valence-corrected chi connectivity index (χ1v) is 16.6. The van der Waals surface area contributed by atoms with E-state index in [-0.39, 0.29) is 0 Å². The van der Waals surface area contributed by atoms with E-state index >= 15 is 0 Å². The van der Waals surface area contributed by atoms with Crippen LogP contribution >= 0.6 is 34.0 Å². The fourth-order valence-corrected chi connectivity index (χ4v) is 9.33. The second kappa shape index (κ2) is 9.96. The Kier molecular flexibility index (Phi) is 5.76.